The van der Waals surface area contributed by atoms with Gasteiger partial charge in [0.15, 0.2) is 0 Å². The quantitative estimate of drug-likeness (QED) is 0.0928. The number of benzene rings is 10. The number of imide groups is 2. The van der Waals surface area contributed by atoms with Crippen LogP contribution in [-0.4, -0.2) is 36.0 Å². The van der Waals surface area contributed by atoms with Crippen molar-refractivity contribution in [1.29, 1.82) is 0 Å². The summed E-state index contributed by atoms with van der Waals surface area (Å²) < 4.78 is 95.9. The van der Waals surface area contributed by atoms with Crippen LogP contribution in [0.2, 0.25) is 0 Å². The molecule has 0 aromatic heterocycles. The van der Waals surface area contributed by atoms with Crippen molar-refractivity contribution < 1.29 is 45.5 Å². The van der Waals surface area contributed by atoms with E-state index in [1.807, 2.05) is 128 Å². The first-order valence-corrected chi connectivity index (χ1v) is 26.7. The third kappa shape index (κ3) is 6.87. The van der Waals surface area contributed by atoms with E-state index < -0.39 is 85.6 Å². The molecule has 14 rings (SSSR count). The highest BCUT2D eigenvalue weighted by molar-refractivity contribution is 6.35. The number of rotatable bonds is 8. The minimum atomic E-state index is -6.17. The highest BCUT2D eigenvalue weighted by Gasteiger charge is 2.73. The molecule has 10 aromatic rings. The largest absolute Gasteiger partial charge is 0.411 e. The SMILES string of the molecule is Cc1ccc(C2(c3ccc(N4C(=O)c5ccc(C(c6ccc7c(c6)C(=O)N(c6ccc(C8(c9ccc(N)cc9)c9ccccc9-c9ccccc98)cc6)C7=O)(C(F)(F)F)C(F)(F)F)cc5C4=O)cc3)c3ccccc3-c3ccccc32)cc1. The number of nitrogen functional groups attached to an aromatic ring is 1. The van der Waals surface area contributed by atoms with Crippen molar-refractivity contribution in [2.45, 2.75) is 35.5 Å². The van der Waals surface area contributed by atoms with Crippen molar-refractivity contribution in [2.75, 3.05) is 15.5 Å². The van der Waals surface area contributed by atoms with Crippen LogP contribution >= 0.6 is 0 Å². The van der Waals surface area contributed by atoms with Crippen molar-refractivity contribution in [3.8, 4) is 22.3 Å². The van der Waals surface area contributed by atoms with Crippen LogP contribution in [0.1, 0.15) is 103 Å². The minimum Gasteiger partial charge on any atom is -0.399 e. The average molecular weight is 1100 g/mol. The molecule has 2 N–H and O–H groups in total. The van der Waals surface area contributed by atoms with Gasteiger partial charge in [0.05, 0.1) is 44.5 Å². The van der Waals surface area contributed by atoms with Gasteiger partial charge in [0.1, 0.15) is 0 Å². The number of nitrogens with two attached hydrogens (primary N) is 1. The lowest BCUT2D eigenvalue weighted by Gasteiger charge is -2.38. The molecule has 83 heavy (non-hydrogen) atoms. The Bertz CT molecular complexity index is 4040. The molecule has 2 aliphatic heterocycles. The lowest BCUT2D eigenvalue weighted by molar-refractivity contribution is -0.288. The van der Waals surface area contributed by atoms with Gasteiger partial charge in [0.25, 0.3) is 23.6 Å². The molecule has 0 fully saturated rings. The lowest BCUT2D eigenvalue weighted by Crippen LogP contribution is -2.55. The molecule has 404 valence electrons. The van der Waals surface area contributed by atoms with Crippen LogP contribution in [0.25, 0.3) is 22.3 Å². The maximum atomic E-state index is 16.0. The Hall–Kier alpha value is -10.1. The summed E-state index contributed by atoms with van der Waals surface area (Å²) in [6, 6.07) is 64.1. The van der Waals surface area contributed by atoms with Gasteiger partial charge in [-0.05, 0) is 145 Å². The summed E-state index contributed by atoms with van der Waals surface area (Å²) >= 11 is 0. The summed E-state index contributed by atoms with van der Waals surface area (Å²) in [4.78, 5) is 58.8. The Morgan fingerprint density at radius 2 is 0.627 bits per heavy atom. The molecule has 0 spiro atoms. The second kappa shape index (κ2) is 17.9. The number of aryl methyl sites for hydroxylation is 1. The third-order valence-corrected chi connectivity index (χ3v) is 17.3. The van der Waals surface area contributed by atoms with E-state index in [2.05, 4.69) is 12.1 Å². The van der Waals surface area contributed by atoms with Gasteiger partial charge in [-0.1, -0.05) is 175 Å². The van der Waals surface area contributed by atoms with Crippen molar-refractivity contribution in [1.82, 2.24) is 0 Å². The molecule has 4 amide bonds. The van der Waals surface area contributed by atoms with Gasteiger partial charge in [-0.25, -0.2) is 9.80 Å². The Labute approximate surface area is 471 Å². The molecule has 0 unspecified atom stereocenters. The third-order valence-electron chi connectivity index (χ3n) is 17.3. The number of fused-ring (bicyclic) bond motifs is 8. The van der Waals surface area contributed by atoms with Gasteiger partial charge in [0, 0.05) is 5.69 Å². The highest BCUT2D eigenvalue weighted by Crippen LogP contribution is 2.60. The van der Waals surface area contributed by atoms with Crippen molar-refractivity contribution in [2.24, 2.45) is 0 Å². The second-order valence-electron chi connectivity index (χ2n) is 21.4. The summed E-state index contributed by atoms with van der Waals surface area (Å²) in [5.41, 5.74) is 7.35. The summed E-state index contributed by atoms with van der Waals surface area (Å²) in [6.07, 6.45) is -12.3. The normalized spacial score (nSPS) is 15.5. The molecule has 10 aromatic carbocycles. The summed E-state index contributed by atoms with van der Waals surface area (Å²) in [6.45, 7) is 1.99. The Morgan fingerprint density at radius 1 is 0.337 bits per heavy atom. The van der Waals surface area contributed by atoms with E-state index in [4.69, 9.17) is 5.73 Å². The molecule has 0 saturated carbocycles. The molecule has 13 heteroatoms. The first-order valence-electron chi connectivity index (χ1n) is 26.7. The molecular weight excluding hydrogens is 1060 g/mol. The monoisotopic (exact) mass is 1100 g/mol. The summed E-state index contributed by atoms with van der Waals surface area (Å²) in [7, 11) is 0. The number of carbonyl (C=O) groups excluding carboxylic acids is 4. The van der Waals surface area contributed by atoms with E-state index in [1.54, 1.807) is 48.5 Å². The number of hydrogen-bond donors (Lipinski definition) is 1. The number of anilines is 3. The van der Waals surface area contributed by atoms with Gasteiger partial charge >= 0.3 is 12.4 Å². The van der Waals surface area contributed by atoms with Crippen molar-refractivity contribution >= 4 is 40.7 Å². The number of halogens is 6. The number of alkyl halides is 6. The van der Waals surface area contributed by atoms with E-state index in [1.165, 1.54) is 12.1 Å². The van der Waals surface area contributed by atoms with E-state index in [0.717, 1.165) is 94.3 Å². The van der Waals surface area contributed by atoms with Gasteiger partial charge in [-0.2, -0.15) is 26.3 Å². The van der Waals surface area contributed by atoms with E-state index in [0.29, 0.717) is 30.0 Å². The molecule has 0 radical (unpaired) electrons. The number of nitrogens with zero attached hydrogens (tertiary/aromatic N) is 2. The van der Waals surface area contributed by atoms with Crippen LogP contribution in [0.4, 0.5) is 43.4 Å². The summed E-state index contributed by atoms with van der Waals surface area (Å²) in [5.74, 6) is -4.20. The van der Waals surface area contributed by atoms with Crippen LogP contribution in [-0.2, 0) is 16.2 Å². The van der Waals surface area contributed by atoms with E-state index in [-0.39, 0.29) is 11.4 Å². The van der Waals surface area contributed by atoms with Crippen LogP contribution in [0, 0.1) is 6.92 Å². The zero-order valence-electron chi connectivity index (χ0n) is 43.8. The molecule has 7 nitrogen and oxygen atoms in total. The number of carbonyl (C=O) groups is 4. The van der Waals surface area contributed by atoms with Gasteiger partial charge in [0.2, 0.25) is 5.41 Å². The van der Waals surface area contributed by atoms with Crippen molar-refractivity contribution in [3.63, 3.8) is 0 Å². The molecule has 0 saturated heterocycles. The van der Waals surface area contributed by atoms with Crippen LogP contribution < -0.4 is 15.5 Å². The number of hydrogen-bond acceptors (Lipinski definition) is 5. The maximum absolute atomic E-state index is 16.0. The Balaban J connectivity index is 0.812. The van der Waals surface area contributed by atoms with Crippen LogP contribution in [0.15, 0.2) is 231 Å². The Kier molecular flexibility index (Phi) is 11.0. The second-order valence-corrected chi connectivity index (χ2v) is 21.4. The molecule has 0 atom stereocenters. The molecule has 0 bridgehead atoms. The predicted octanol–water partition coefficient (Wildman–Crippen LogP) is 15.3. The molecule has 2 heterocycles. The molecule has 4 aliphatic rings. The fraction of sp³-hybridized carbons (Fsp3) is 0.0857. The van der Waals surface area contributed by atoms with Crippen molar-refractivity contribution in [3.05, 3.63) is 314 Å². The standard InChI is InChI=1S/C70H43F6N3O4/c1-40-18-20-41(21-19-40)66(58-14-6-2-10-50(58)51-11-3-7-15-59(51)66)43-24-32-48(33-25-43)78-62(80)54-36-28-45(38-56(54)64(78)82)68(69(71,72)73,70(74,75)76)46-29-37-55-57(39-46)65(83)79(63(55)81)49-34-26-44(27-35-49)67(42-22-30-47(77)31-23-42)60-16-8-4-12-52(60)53-13-5-9-17-61(53)67/h2-39H,77H2,1H3. The first kappa shape index (κ1) is 51.0. The van der Waals surface area contributed by atoms with E-state index >= 15 is 26.3 Å². The Morgan fingerprint density at radius 3 is 0.952 bits per heavy atom. The van der Waals surface area contributed by atoms with Gasteiger partial charge in [-0.15, -0.1) is 0 Å². The lowest BCUT2D eigenvalue weighted by atomic mass is 9.67. The first-order chi connectivity index (χ1) is 39.9. The predicted molar refractivity (Wildman–Crippen MR) is 305 cm³/mol. The van der Waals surface area contributed by atoms with E-state index in [9.17, 15) is 19.2 Å². The minimum absolute atomic E-state index is 0.0207. The smallest absolute Gasteiger partial charge is 0.399 e. The number of amides is 4. The zero-order valence-corrected chi connectivity index (χ0v) is 43.8. The van der Waals surface area contributed by atoms with Gasteiger partial charge < -0.3 is 5.73 Å². The fourth-order valence-electron chi connectivity index (χ4n) is 13.7. The van der Waals surface area contributed by atoms with Gasteiger partial charge in [-0.3, -0.25) is 19.2 Å². The molecule has 2 aliphatic carbocycles. The maximum Gasteiger partial charge on any atom is 0.411 e. The van der Waals surface area contributed by atoms with Crippen LogP contribution in [0.3, 0.4) is 0 Å². The summed E-state index contributed by atoms with van der Waals surface area (Å²) in [5, 5.41) is 0. The molecular formula is C70H43F6N3O4. The zero-order chi connectivity index (χ0) is 57.5. The highest BCUT2D eigenvalue weighted by atomic mass is 19.4. The topological polar surface area (TPSA) is 101 Å². The van der Waals surface area contributed by atoms with Crippen LogP contribution in [0.5, 0.6) is 0 Å². The average Bonchev–Trinajstić information content (AvgIpc) is 1.81. The fourth-order valence-corrected chi connectivity index (χ4v) is 13.7.